The third-order valence-electron chi connectivity index (χ3n) is 3.36. The summed E-state index contributed by atoms with van der Waals surface area (Å²) in [6.07, 6.45) is 3.26. The highest BCUT2D eigenvalue weighted by Gasteiger charge is 2.29. The molecule has 19 heavy (non-hydrogen) atoms. The molecule has 0 saturated carbocycles. The Hall–Kier alpha value is -1.33. The smallest absolute Gasteiger partial charge is 0.341 e. The molecule has 1 aromatic heterocycles. The van der Waals surface area contributed by atoms with Crippen LogP contribution in [0.25, 0.3) is 0 Å². The van der Waals surface area contributed by atoms with Gasteiger partial charge in [-0.1, -0.05) is 0 Å². The van der Waals surface area contributed by atoms with Gasteiger partial charge in [0.15, 0.2) is 0 Å². The van der Waals surface area contributed by atoms with E-state index < -0.39 is 5.60 Å². The molecule has 1 unspecified atom stereocenters. The number of rotatable bonds is 4. The Morgan fingerprint density at radius 2 is 2.42 bits per heavy atom. The predicted molar refractivity (Wildman–Crippen MR) is 69.8 cm³/mol. The predicted octanol–water partition coefficient (Wildman–Crippen LogP) is 1.80. The van der Waals surface area contributed by atoms with E-state index in [1.807, 2.05) is 6.92 Å². The van der Waals surface area contributed by atoms with Crippen molar-refractivity contribution in [1.29, 1.82) is 0 Å². The third kappa shape index (κ3) is 3.58. The number of aliphatic hydroxyl groups is 1. The van der Waals surface area contributed by atoms with Crippen molar-refractivity contribution in [2.75, 3.05) is 19.7 Å². The summed E-state index contributed by atoms with van der Waals surface area (Å²) in [5, 5.41) is 10.1. The maximum atomic E-state index is 11.7. The zero-order valence-electron chi connectivity index (χ0n) is 11.5. The molecule has 0 spiro atoms. The first-order valence-electron chi connectivity index (χ1n) is 6.70. The van der Waals surface area contributed by atoms with Crippen molar-refractivity contribution in [2.24, 2.45) is 0 Å². The molecule has 0 amide bonds. The zero-order valence-corrected chi connectivity index (χ0v) is 11.5. The van der Waals surface area contributed by atoms with Crippen molar-refractivity contribution in [1.82, 2.24) is 4.90 Å². The number of β-amino-alcohol motifs (C(OH)–C–C–N with tert-alkyl or cyclic N) is 1. The van der Waals surface area contributed by atoms with E-state index in [0.717, 1.165) is 19.4 Å². The summed E-state index contributed by atoms with van der Waals surface area (Å²) < 4.78 is 10.4. The quantitative estimate of drug-likeness (QED) is 0.843. The lowest BCUT2D eigenvalue weighted by Crippen LogP contribution is -2.45. The molecule has 5 nitrogen and oxygen atoms in total. The van der Waals surface area contributed by atoms with E-state index in [1.54, 1.807) is 13.0 Å². The number of ether oxygens (including phenoxy) is 1. The minimum Gasteiger partial charge on any atom is -0.467 e. The van der Waals surface area contributed by atoms with E-state index in [1.165, 1.54) is 6.26 Å². The molecule has 0 bridgehead atoms. The van der Waals surface area contributed by atoms with Crippen LogP contribution in [0, 0.1) is 0 Å². The Balaban J connectivity index is 2.03. The average molecular weight is 267 g/mol. The lowest BCUT2D eigenvalue weighted by Gasteiger charge is -2.36. The van der Waals surface area contributed by atoms with Gasteiger partial charge in [-0.05, 0) is 39.3 Å². The maximum Gasteiger partial charge on any atom is 0.341 e. The van der Waals surface area contributed by atoms with E-state index in [-0.39, 0.29) is 5.97 Å². The van der Waals surface area contributed by atoms with Gasteiger partial charge in [0.1, 0.15) is 11.3 Å². The van der Waals surface area contributed by atoms with Gasteiger partial charge in [-0.25, -0.2) is 4.79 Å². The Labute approximate surface area is 113 Å². The van der Waals surface area contributed by atoms with E-state index in [2.05, 4.69) is 4.90 Å². The molecule has 2 rings (SSSR count). The zero-order chi connectivity index (χ0) is 13.9. The summed E-state index contributed by atoms with van der Waals surface area (Å²) in [4.78, 5) is 13.8. The van der Waals surface area contributed by atoms with Crippen LogP contribution in [0.5, 0.6) is 0 Å². The summed E-state index contributed by atoms with van der Waals surface area (Å²) in [7, 11) is 0. The van der Waals surface area contributed by atoms with E-state index in [0.29, 0.717) is 31.0 Å². The second-order valence-corrected chi connectivity index (χ2v) is 5.29. The summed E-state index contributed by atoms with van der Waals surface area (Å²) in [6, 6.07) is 1.63. The van der Waals surface area contributed by atoms with Crippen LogP contribution in [-0.4, -0.2) is 41.3 Å². The molecule has 1 aliphatic heterocycles. The average Bonchev–Trinajstić information content (AvgIpc) is 2.76. The van der Waals surface area contributed by atoms with Gasteiger partial charge in [0, 0.05) is 6.54 Å². The van der Waals surface area contributed by atoms with Crippen LogP contribution in [0.3, 0.4) is 0 Å². The van der Waals surface area contributed by atoms with Crippen LogP contribution >= 0.6 is 0 Å². The second-order valence-electron chi connectivity index (χ2n) is 5.29. The lowest BCUT2D eigenvalue weighted by atomic mass is 9.95. The summed E-state index contributed by atoms with van der Waals surface area (Å²) in [6.45, 7) is 5.99. The molecule has 0 aliphatic carbocycles. The first kappa shape index (κ1) is 14.1. The Morgan fingerprint density at radius 3 is 3.11 bits per heavy atom. The molecule has 2 heterocycles. The van der Waals surface area contributed by atoms with E-state index in [9.17, 15) is 9.90 Å². The molecular formula is C14H21NO4. The number of hydrogen-bond acceptors (Lipinski definition) is 5. The number of hydrogen-bond donors (Lipinski definition) is 1. The monoisotopic (exact) mass is 267 g/mol. The minimum atomic E-state index is -0.658. The Bertz CT molecular complexity index is 438. The molecule has 1 aliphatic rings. The summed E-state index contributed by atoms with van der Waals surface area (Å²) in [5.74, 6) is 0.256. The molecule has 1 saturated heterocycles. The molecule has 0 aromatic carbocycles. The van der Waals surface area contributed by atoms with Crippen molar-refractivity contribution in [3.63, 3.8) is 0 Å². The summed E-state index contributed by atoms with van der Waals surface area (Å²) in [5.41, 5.74) is -0.179. The first-order chi connectivity index (χ1) is 9.02. The number of furan rings is 1. The number of carbonyl (C=O) groups is 1. The molecule has 1 atom stereocenters. The molecule has 1 fully saturated rings. The SMILES string of the molecule is CCOC(=O)c1ccoc1CN1CCCC(C)(O)C1. The third-order valence-corrected chi connectivity index (χ3v) is 3.36. The fourth-order valence-corrected chi connectivity index (χ4v) is 2.52. The highest BCUT2D eigenvalue weighted by Crippen LogP contribution is 2.23. The Kier molecular flexibility index (Phi) is 4.27. The van der Waals surface area contributed by atoms with Crippen LogP contribution in [0.2, 0.25) is 0 Å². The molecular weight excluding hydrogens is 246 g/mol. The fourth-order valence-electron chi connectivity index (χ4n) is 2.52. The number of likely N-dealkylation sites (tertiary alicyclic amines) is 1. The van der Waals surface area contributed by atoms with Gasteiger partial charge < -0.3 is 14.3 Å². The first-order valence-corrected chi connectivity index (χ1v) is 6.70. The van der Waals surface area contributed by atoms with Gasteiger partial charge in [0.05, 0.1) is 25.0 Å². The maximum absolute atomic E-state index is 11.7. The van der Waals surface area contributed by atoms with E-state index in [4.69, 9.17) is 9.15 Å². The molecule has 1 N–H and O–H groups in total. The molecule has 1 aromatic rings. The molecule has 106 valence electrons. The lowest BCUT2D eigenvalue weighted by molar-refractivity contribution is -0.0199. The van der Waals surface area contributed by atoms with Crippen molar-refractivity contribution in [3.8, 4) is 0 Å². The summed E-state index contributed by atoms with van der Waals surface area (Å²) >= 11 is 0. The highest BCUT2D eigenvalue weighted by molar-refractivity contribution is 5.90. The van der Waals surface area contributed by atoms with Crippen molar-refractivity contribution < 1.29 is 19.1 Å². The van der Waals surface area contributed by atoms with Gasteiger partial charge in [-0.15, -0.1) is 0 Å². The van der Waals surface area contributed by atoms with Gasteiger partial charge in [-0.2, -0.15) is 0 Å². The minimum absolute atomic E-state index is 0.349. The van der Waals surface area contributed by atoms with Gasteiger partial charge in [0.25, 0.3) is 0 Å². The fraction of sp³-hybridized carbons (Fsp3) is 0.643. The second kappa shape index (κ2) is 5.75. The molecule has 5 heteroatoms. The highest BCUT2D eigenvalue weighted by atomic mass is 16.5. The Morgan fingerprint density at radius 1 is 1.63 bits per heavy atom. The van der Waals surface area contributed by atoms with Crippen LogP contribution in [0.15, 0.2) is 16.7 Å². The van der Waals surface area contributed by atoms with Crippen molar-refractivity contribution in [2.45, 2.75) is 38.8 Å². The van der Waals surface area contributed by atoms with Gasteiger partial charge >= 0.3 is 5.97 Å². The normalized spacial score (nSPS) is 24.4. The topological polar surface area (TPSA) is 62.9 Å². The number of carbonyl (C=O) groups excluding carboxylic acids is 1. The standard InChI is InChI=1S/C14H21NO4/c1-3-18-13(16)11-5-8-19-12(11)9-15-7-4-6-14(2,17)10-15/h5,8,17H,3-4,6-7,9-10H2,1-2H3. The number of nitrogens with zero attached hydrogens (tertiary/aromatic N) is 1. The van der Waals surface area contributed by atoms with Crippen LogP contribution in [0.1, 0.15) is 42.8 Å². The van der Waals surface area contributed by atoms with E-state index >= 15 is 0 Å². The van der Waals surface area contributed by atoms with Crippen LogP contribution in [0.4, 0.5) is 0 Å². The largest absolute Gasteiger partial charge is 0.467 e. The molecule has 0 radical (unpaired) electrons. The van der Waals surface area contributed by atoms with Crippen LogP contribution in [-0.2, 0) is 11.3 Å². The van der Waals surface area contributed by atoms with Crippen molar-refractivity contribution in [3.05, 3.63) is 23.7 Å². The number of esters is 1. The van der Waals surface area contributed by atoms with Crippen molar-refractivity contribution >= 4 is 5.97 Å². The van der Waals surface area contributed by atoms with Gasteiger partial charge in [0.2, 0.25) is 0 Å². The number of piperidine rings is 1. The van der Waals surface area contributed by atoms with Crippen LogP contribution < -0.4 is 0 Å². The van der Waals surface area contributed by atoms with Gasteiger partial charge in [-0.3, -0.25) is 4.90 Å².